The lowest BCUT2D eigenvalue weighted by molar-refractivity contribution is -0.247. The van der Waals surface area contributed by atoms with E-state index in [-0.39, 0.29) is 30.5 Å². The van der Waals surface area contributed by atoms with Crippen LogP contribution in [0.3, 0.4) is 0 Å². The summed E-state index contributed by atoms with van der Waals surface area (Å²) in [5.74, 6) is 0. The van der Waals surface area contributed by atoms with Gasteiger partial charge < -0.3 is 18.9 Å². The summed E-state index contributed by atoms with van der Waals surface area (Å²) in [4.78, 5) is 0. The SMILES string of the molecule is CCOC1C(C)OC(C)C(OCC)C1OCC. The van der Waals surface area contributed by atoms with E-state index in [4.69, 9.17) is 18.9 Å². The summed E-state index contributed by atoms with van der Waals surface area (Å²) in [6, 6.07) is 0. The summed E-state index contributed by atoms with van der Waals surface area (Å²) in [6.07, 6.45) is -0.0598. The first kappa shape index (κ1) is 14.9. The molecule has 1 aliphatic rings. The third-order valence-corrected chi connectivity index (χ3v) is 3.08. The second kappa shape index (κ2) is 7.31. The van der Waals surface area contributed by atoms with Gasteiger partial charge in [0.15, 0.2) is 0 Å². The monoisotopic (exact) mass is 246 g/mol. The molecule has 1 fully saturated rings. The van der Waals surface area contributed by atoms with Crippen molar-refractivity contribution in [1.29, 1.82) is 0 Å². The Bertz CT molecular complexity index is 192. The van der Waals surface area contributed by atoms with Gasteiger partial charge in [0, 0.05) is 19.8 Å². The quantitative estimate of drug-likeness (QED) is 0.718. The molecule has 1 aliphatic heterocycles. The fourth-order valence-electron chi connectivity index (χ4n) is 2.44. The lowest BCUT2D eigenvalue weighted by Crippen LogP contribution is -2.58. The van der Waals surface area contributed by atoms with Crippen LogP contribution in [0.4, 0.5) is 0 Å². The van der Waals surface area contributed by atoms with Crippen LogP contribution in [-0.4, -0.2) is 50.3 Å². The van der Waals surface area contributed by atoms with Gasteiger partial charge in [0.1, 0.15) is 18.3 Å². The third kappa shape index (κ3) is 3.65. The Morgan fingerprint density at radius 2 is 1.06 bits per heavy atom. The van der Waals surface area contributed by atoms with Crippen molar-refractivity contribution in [3.63, 3.8) is 0 Å². The van der Waals surface area contributed by atoms with Gasteiger partial charge in [-0.1, -0.05) is 0 Å². The van der Waals surface area contributed by atoms with Crippen LogP contribution in [0.15, 0.2) is 0 Å². The molecule has 0 aromatic rings. The number of rotatable bonds is 6. The van der Waals surface area contributed by atoms with E-state index < -0.39 is 0 Å². The zero-order valence-corrected chi connectivity index (χ0v) is 11.6. The molecule has 4 heteroatoms. The van der Waals surface area contributed by atoms with Crippen molar-refractivity contribution in [2.45, 2.75) is 65.1 Å². The Kier molecular flexibility index (Phi) is 6.41. The van der Waals surface area contributed by atoms with E-state index in [1.165, 1.54) is 0 Å². The van der Waals surface area contributed by atoms with Crippen LogP contribution in [0.1, 0.15) is 34.6 Å². The lowest BCUT2D eigenvalue weighted by Gasteiger charge is -2.44. The van der Waals surface area contributed by atoms with Crippen molar-refractivity contribution in [2.24, 2.45) is 0 Å². The fourth-order valence-corrected chi connectivity index (χ4v) is 2.44. The Morgan fingerprint density at radius 3 is 1.41 bits per heavy atom. The number of hydrogen-bond donors (Lipinski definition) is 0. The molecule has 102 valence electrons. The molecule has 4 atom stereocenters. The molecule has 0 bridgehead atoms. The summed E-state index contributed by atoms with van der Waals surface area (Å²) in [6.45, 7) is 12.0. The summed E-state index contributed by atoms with van der Waals surface area (Å²) in [5, 5.41) is 0. The highest BCUT2D eigenvalue weighted by Gasteiger charge is 2.44. The Labute approximate surface area is 105 Å². The van der Waals surface area contributed by atoms with E-state index >= 15 is 0 Å². The molecule has 0 aliphatic carbocycles. The molecule has 0 saturated carbocycles. The molecule has 0 radical (unpaired) electrons. The van der Waals surface area contributed by atoms with Gasteiger partial charge in [-0.05, 0) is 34.6 Å². The molecule has 1 heterocycles. The highest BCUT2D eigenvalue weighted by atomic mass is 16.6. The molecule has 4 nitrogen and oxygen atoms in total. The van der Waals surface area contributed by atoms with Gasteiger partial charge >= 0.3 is 0 Å². The minimum atomic E-state index is -0.0484. The first-order valence-electron chi connectivity index (χ1n) is 6.65. The maximum atomic E-state index is 5.86. The van der Waals surface area contributed by atoms with Crippen LogP contribution < -0.4 is 0 Å². The second-order valence-corrected chi connectivity index (χ2v) is 4.31. The molecule has 0 aromatic heterocycles. The Hall–Kier alpha value is -0.160. The zero-order chi connectivity index (χ0) is 12.8. The largest absolute Gasteiger partial charge is 0.373 e. The maximum Gasteiger partial charge on any atom is 0.115 e. The predicted octanol–water partition coefficient (Wildman–Crippen LogP) is 2.01. The van der Waals surface area contributed by atoms with Crippen molar-refractivity contribution in [2.75, 3.05) is 19.8 Å². The van der Waals surface area contributed by atoms with Gasteiger partial charge in [-0.15, -0.1) is 0 Å². The lowest BCUT2D eigenvalue weighted by atomic mass is 9.95. The van der Waals surface area contributed by atoms with Crippen LogP contribution in [0.2, 0.25) is 0 Å². The highest BCUT2D eigenvalue weighted by molar-refractivity contribution is 4.92. The average molecular weight is 246 g/mol. The molecule has 0 N–H and O–H groups in total. The van der Waals surface area contributed by atoms with E-state index in [9.17, 15) is 0 Å². The van der Waals surface area contributed by atoms with Crippen LogP contribution in [-0.2, 0) is 18.9 Å². The van der Waals surface area contributed by atoms with Crippen LogP contribution in [0.25, 0.3) is 0 Å². The van der Waals surface area contributed by atoms with Crippen LogP contribution in [0.5, 0.6) is 0 Å². The summed E-state index contributed by atoms with van der Waals surface area (Å²) in [7, 11) is 0. The minimum Gasteiger partial charge on any atom is -0.373 e. The molecule has 1 rings (SSSR count). The standard InChI is InChI=1S/C13H26O4/c1-6-14-11-9(4)17-10(5)12(15-7-2)13(11)16-8-3/h9-13H,6-8H2,1-5H3. The van der Waals surface area contributed by atoms with Gasteiger partial charge in [-0.3, -0.25) is 0 Å². The van der Waals surface area contributed by atoms with Crippen LogP contribution in [0, 0.1) is 0 Å². The van der Waals surface area contributed by atoms with Crippen LogP contribution >= 0.6 is 0 Å². The number of hydrogen-bond acceptors (Lipinski definition) is 4. The van der Waals surface area contributed by atoms with Crippen molar-refractivity contribution in [3.05, 3.63) is 0 Å². The van der Waals surface area contributed by atoms with Crippen molar-refractivity contribution < 1.29 is 18.9 Å². The third-order valence-electron chi connectivity index (χ3n) is 3.08. The Balaban J connectivity index is 2.78. The summed E-state index contributed by atoms with van der Waals surface area (Å²) < 4.78 is 23.2. The van der Waals surface area contributed by atoms with Gasteiger partial charge in [0.25, 0.3) is 0 Å². The molecular weight excluding hydrogens is 220 g/mol. The smallest absolute Gasteiger partial charge is 0.115 e. The predicted molar refractivity (Wildman–Crippen MR) is 66.3 cm³/mol. The van der Waals surface area contributed by atoms with Gasteiger partial charge in [-0.25, -0.2) is 0 Å². The molecule has 0 spiro atoms. The first-order valence-corrected chi connectivity index (χ1v) is 6.65. The van der Waals surface area contributed by atoms with E-state index in [0.717, 1.165) is 0 Å². The highest BCUT2D eigenvalue weighted by Crippen LogP contribution is 2.27. The number of ether oxygens (including phenoxy) is 4. The Morgan fingerprint density at radius 1 is 0.706 bits per heavy atom. The summed E-state index contributed by atoms with van der Waals surface area (Å²) in [5.41, 5.74) is 0. The van der Waals surface area contributed by atoms with Crippen molar-refractivity contribution in [1.82, 2.24) is 0 Å². The fraction of sp³-hybridized carbons (Fsp3) is 1.00. The van der Waals surface area contributed by atoms with Crippen molar-refractivity contribution in [3.8, 4) is 0 Å². The van der Waals surface area contributed by atoms with Gasteiger partial charge in [0.05, 0.1) is 12.2 Å². The molecular formula is C13H26O4. The van der Waals surface area contributed by atoms with E-state index in [0.29, 0.717) is 19.8 Å². The minimum absolute atomic E-state index is 0.0400. The van der Waals surface area contributed by atoms with E-state index in [1.54, 1.807) is 0 Å². The van der Waals surface area contributed by atoms with Gasteiger partial charge in [0.2, 0.25) is 0 Å². The topological polar surface area (TPSA) is 36.9 Å². The molecule has 0 aromatic carbocycles. The molecule has 1 saturated heterocycles. The zero-order valence-electron chi connectivity index (χ0n) is 11.6. The van der Waals surface area contributed by atoms with Gasteiger partial charge in [-0.2, -0.15) is 0 Å². The molecule has 0 amide bonds. The first-order chi connectivity index (χ1) is 8.15. The molecule has 17 heavy (non-hydrogen) atoms. The molecule has 4 unspecified atom stereocenters. The average Bonchev–Trinajstić information content (AvgIpc) is 2.29. The maximum absolute atomic E-state index is 5.86. The normalized spacial score (nSPS) is 38.3. The van der Waals surface area contributed by atoms with Crippen molar-refractivity contribution >= 4 is 0 Å². The van der Waals surface area contributed by atoms with E-state index in [1.807, 2.05) is 34.6 Å². The second-order valence-electron chi connectivity index (χ2n) is 4.31. The van der Waals surface area contributed by atoms with E-state index in [2.05, 4.69) is 0 Å². The summed E-state index contributed by atoms with van der Waals surface area (Å²) >= 11 is 0.